The van der Waals surface area contributed by atoms with Crippen LogP contribution in [0.5, 0.6) is 17.4 Å². The first-order chi connectivity index (χ1) is 20.8. The van der Waals surface area contributed by atoms with Gasteiger partial charge in [0.1, 0.15) is 0 Å². The van der Waals surface area contributed by atoms with Gasteiger partial charge in [0, 0.05) is 42.2 Å². The molecule has 16 heteroatoms. The van der Waals surface area contributed by atoms with Crippen LogP contribution in [0.1, 0.15) is 43.8 Å². The van der Waals surface area contributed by atoms with Crippen LogP contribution in [0.4, 0.5) is 27.6 Å². The molecule has 2 aromatic carbocycles. The van der Waals surface area contributed by atoms with Crippen molar-refractivity contribution in [3.05, 3.63) is 88.9 Å². The Morgan fingerprint density at radius 3 is 2.59 bits per heavy atom. The Labute approximate surface area is 243 Å². The Morgan fingerprint density at radius 2 is 1.84 bits per heavy atom. The molecule has 44 heavy (non-hydrogen) atoms. The van der Waals surface area contributed by atoms with Crippen molar-refractivity contribution in [1.82, 2.24) is 14.8 Å². The normalized spacial score (nSPS) is 16.7. The highest BCUT2D eigenvalue weighted by molar-refractivity contribution is 6.06. The van der Waals surface area contributed by atoms with Crippen molar-refractivity contribution in [1.29, 1.82) is 0 Å². The van der Waals surface area contributed by atoms with Crippen LogP contribution in [0.25, 0.3) is 5.69 Å². The van der Waals surface area contributed by atoms with E-state index in [-0.39, 0.29) is 57.7 Å². The topological polar surface area (TPSA) is 125 Å². The van der Waals surface area contributed by atoms with E-state index < -0.39 is 42.8 Å². The van der Waals surface area contributed by atoms with Crippen LogP contribution in [0, 0.1) is 0 Å². The summed E-state index contributed by atoms with van der Waals surface area (Å²) in [5.74, 6) is -2.54. The van der Waals surface area contributed by atoms with Crippen molar-refractivity contribution in [2.75, 3.05) is 18.6 Å². The van der Waals surface area contributed by atoms with Crippen molar-refractivity contribution in [2.24, 2.45) is 0 Å². The number of benzene rings is 2. The van der Waals surface area contributed by atoms with Gasteiger partial charge in [-0.1, -0.05) is 6.07 Å². The highest BCUT2D eigenvalue weighted by Crippen LogP contribution is 2.43. The number of aromatic carboxylic acids is 1. The molecule has 0 spiro atoms. The number of halogens is 5. The van der Waals surface area contributed by atoms with E-state index in [9.17, 15) is 36.6 Å². The third kappa shape index (κ3) is 5.34. The Kier molecular flexibility index (Phi) is 6.87. The third-order valence-corrected chi connectivity index (χ3v) is 6.77. The molecule has 0 saturated carbocycles. The summed E-state index contributed by atoms with van der Waals surface area (Å²) in [4.78, 5) is 29.9. The molecule has 0 aliphatic carbocycles. The number of ether oxygens (including phenoxy) is 4. The SMILES string of the molecule is CN(C(=O)c1cccc(-n2nc(C(F)(F)F)c3c2C(Oc2cc(C(=O)O)ccn2)COC3)c1)c1ccc2c(c1)OC(F)(F)O2. The van der Waals surface area contributed by atoms with E-state index in [0.29, 0.717) is 0 Å². The lowest BCUT2D eigenvalue weighted by molar-refractivity contribution is -0.286. The molecule has 1 amide bonds. The first-order valence-corrected chi connectivity index (χ1v) is 12.7. The minimum absolute atomic E-state index is 0.0271. The first kappa shape index (κ1) is 28.9. The average molecular weight is 618 g/mol. The lowest BCUT2D eigenvalue weighted by Gasteiger charge is -2.25. The highest BCUT2D eigenvalue weighted by atomic mass is 19.4. The summed E-state index contributed by atoms with van der Waals surface area (Å²) >= 11 is 0. The molecule has 0 radical (unpaired) electrons. The zero-order chi connectivity index (χ0) is 31.4. The van der Waals surface area contributed by atoms with E-state index >= 15 is 0 Å². The summed E-state index contributed by atoms with van der Waals surface area (Å²) < 4.78 is 90.1. The Balaban J connectivity index is 1.36. The van der Waals surface area contributed by atoms with E-state index in [1.54, 1.807) is 0 Å². The summed E-state index contributed by atoms with van der Waals surface area (Å²) in [6.45, 7) is -0.642. The van der Waals surface area contributed by atoms with Gasteiger partial charge in [-0.3, -0.25) is 4.79 Å². The number of amides is 1. The summed E-state index contributed by atoms with van der Waals surface area (Å²) in [5.41, 5.74) is -1.41. The summed E-state index contributed by atoms with van der Waals surface area (Å²) in [7, 11) is 1.38. The van der Waals surface area contributed by atoms with E-state index in [1.165, 1.54) is 61.8 Å². The number of hydrogen-bond donors (Lipinski definition) is 1. The minimum Gasteiger partial charge on any atom is -0.478 e. The number of carboxylic acids is 1. The molecule has 1 atom stereocenters. The van der Waals surface area contributed by atoms with Gasteiger partial charge in [-0.2, -0.15) is 18.3 Å². The third-order valence-electron chi connectivity index (χ3n) is 6.77. The van der Waals surface area contributed by atoms with Gasteiger partial charge in [0.05, 0.1) is 30.2 Å². The van der Waals surface area contributed by atoms with E-state index in [2.05, 4.69) is 19.6 Å². The van der Waals surface area contributed by atoms with Crippen LogP contribution in [0.15, 0.2) is 60.8 Å². The summed E-state index contributed by atoms with van der Waals surface area (Å²) in [6, 6.07) is 11.7. The Hall–Kier alpha value is -5.25. The van der Waals surface area contributed by atoms with Crippen LogP contribution < -0.4 is 19.1 Å². The number of rotatable bonds is 6. The maximum Gasteiger partial charge on any atom is 0.586 e. The number of anilines is 1. The van der Waals surface area contributed by atoms with Crippen molar-refractivity contribution < 1.29 is 55.6 Å². The molecule has 2 aliphatic rings. The van der Waals surface area contributed by atoms with Gasteiger partial charge in [0.25, 0.3) is 5.91 Å². The molecule has 0 fully saturated rings. The first-order valence-electron chi connectivity index (χ1n) is 12.7. The molecule has 2 aromatic heterocycles. The summed E-state index contributed by atoms with van der Waals surface area (Å²) in [5, 5.41) is 13.1. The molecule has 4 heterocycles. The highest BCUT2D eigenvalue weighted by Gasteiger charge is 2.44. The molecule has 228 valence electrons. The molecular formula is C28H19F5N4O7. The molecule has 11 nitrogen and oxygen atoms in total. The fourth-order valence-electron chi connectivity index (χ4n) is 4.78. The van der Waals surface area contributed by atoms with Crippen molar-refractivity contribution >= 4 is 17.6 Å². The number of carbonyl (C=O) groups is 2. The monoisotopic (exact) mass is 618 g/mol. The number of pyridine rings is 1. The molecule has 0 saturated heterocycles. The van der Waals surface area contributed by atoms with Crippen LogP contribution in [0.3, 0.4) is 0 Å². The molecule has 2 aliphatic heterocycles. The molecule has 1 unspecified atom stereocenters. The number of aromatic nitrogens is 3. The number of nitrogens with zero attached hydrogens (tertiary/aromatic N) is 4. The van der Waals surface area contributed by atoms with Crippen molar-refractivity contribution in [3.8, 4) is 23.1 Å². The number of fused-ring (bicyclic) bond motifs is 2. The van der Waals surface area contributed by atoms with E-state index in [1.807, 2.05) is 0 Å². The maximum absolute atomic E-state index is 14.1. The second kappa shape index (κ2) is 10.5. The molecule has 0 bridgehead atoms. The van der Waals surface area contributed by atoms with Gasteiger partial charge in [-0.15, -0.1) is 8.78 Å². The fourth-order valence-corrected chi connectivity index (χ4v) is 4.78. The standard InChI is InChI=1S/C28H19F5N4O7/c1-36(16-5-6-19-20(11-16)44-28(32,33)43-19)25(38)14-3-2-4-17(9-14)37-23-18(24(35-37)27(29,30)31)12-41-13-21(23)42-22-10-15(26(39)40)7-8-34-22/h2-11,21H,12-13H2,1H3,(H,39,40). The second-order valence-corrected chi connectivity index (χ2v) is 9.64. The number of carboxylic acid groups (broad SMARTS) is 1. The molecular weight excluding hydrogens is 599 g/mol. The van der Waals surface area contributed by atoms with Crippen molar-refractivity contribution in [2.45, 2.75) is 25.2 Å². The van der Waals surface area contributed by atoms with Crippen LogP contribution in [0.2, 0.25) is 0 Å². The van der Waals surface area contributed by atoms with Crippen LogP contribution in [-0.2, 0) is 17.5 Å². The number of alkyl halides is 5. The second-order valence-electron chi connectivity index (χ2n) is 9.64. The van der Waals surface area contributed by atoms with Crippen molar-refractivity contribution in [3.63, 3.8) is 0 Å². The molecule has 6 rings (SSSR count). The predicted octanol–water partition coefficient (Wildman–Crippen LogP) is 5.23. The fraction of sp³-hybridized carbons (Fsp3) is 0.214. The Morgan fingerprint density at radius 1 is 1.07 bits per heavy atom. The maximum atomic E-state index is 14.1. The number of hydrogen-bond acceptors (Lipinski definition) is 8. The molecule has 4 aromatic rings. The van der Waals surface area contributed by atoms with Gasteiger partial charge in [-0.05, 0) is 36.4 Å². The van der Waals surface area contributed by atoms with Gasteiger partial charge in [0.15, 0.2) is 23.3 Å². The van der Waals surface area contributed by atoms with E-state index in [4.69, 9.17) is 9.47 Å². The lowest BCUT2D eigenvalue weighted by atomic mass is 10.1. The van der Waals surface area contributed by atoms with Gasteiger partial charge >= 0.3 is 18.4 Å². The minimum atomic E-state index is -4.87. The Bertz CT molecular complexity index is 1790. The number of carbonyl (C=O) groups excluding carboxylic acids is 1. The molecule has 1 N–H and O–H groups in total. The average Bonchev–Trinajstić information content (AvgIpc) is 3.53. The largest absolute Gasteiger partial charge is 0.586 e. The van der Waals surface area contributed by atoms with Gasteiger partial charge in [-0.25, -0.2) is 14.5 Å². The van der Waals surface area contributed by atoms with Crippen LogP contribution in [-0.4, -0.2) is 51.7 Å². The zero-order valence-electron chi connectivity index (χ0n) is 22.3. The zero-order valence-corrected chi connectivity index (χ0v) is 22.3. The van der Waals surface area contributed by atoms with Gasteiger partial charge < -0.3 is 29.0 Å². The summed E-state index contributed by atoms with van der Waals surface area (Å²) in [6.07, 6.45) is -8.73. The predicted molar refractivity (Wildman–Crippen MR) is 138 cm³/mol. The van der Waals surface area contributed by atoms with Crippen LogP contribution >= 0.6 is 0 Å². The van der Waals surface area contributed by atoms with Gasteiger partial charge in [0.2, 0.25) is 5.88 Å². The quantitative estimate of drug-likeness (QED) is 0.289. The lowest BCUT2D eigenvalue weighted by Crippen LogP contribution is -2.27. The van der Waals surface area contributed by atoms with E-state index in [0.717, 1.165) is 15.6 Å². The smallest absolute Gasteiger partial charge is 0.478 e.